The van der Waals surface area contributed by atoms with Crippen molar-refractivity contribution in [2.45, 2.75) is 50.3 Å². The lowest BCUT2D eigenvalue weighted by atomic mass is 10.1. The van der Waals surface area contributed by atoms with Gasteiger partial charge >= 0.3 is 0 Å². The van der Waals surface area contributed by atoms with Crippen LogP contribution in [0.25, 0.3) is 0 Å². The minimum atomic E-state index is 0.0196. The molecule has 3 N–H and O–H groups in total. The van der Waals surface area contributed by atoms with Gasteiger partial charge in [0.05, 0.1) is 0 Å². The van der Waals surface area contributed by atoms with Crippen LogP contribution in [0.5, 0.6) is 0 Å². The summed E-state index contributed by atoms with van der Waals surface area (Å²) in [5.74, 6) is 2.01. The van der Waals surface area contributed by atoms with Crippen LogP contribution in [0.3, 0.4) is 0 Å². The summed E-state index contributed by atoms with van der Waals surface area (Å²) in [6, 6.07) is 0.405. The summed E-state index contributed by atoms with van der Waals surface area (Å²) < 4.78 is 0.298. The first-order valence-corrected chi connectivity index (χ1v) is 8.55. The topological polar surface area (TPSA) is 65.5 Å². The van der Waals surface area contributed by atoms with Gasteiger partial charge in [0.2, 0.25) is 5.91 Å². The number of carbonyl (C=O) groups excluding carboxylic acids is 1. The van der Waals surface area contributed by atoms with E-state index in [1.54, 1.807) is 0 Å². The van der Waals surface area contributed by atoms with Crippen molar-refractivity contribution < 1.29 is 4.79 Å². The van der Waals surface area contributed by atoms with Gasteiger partial charge in [0, 0.05) is 23.9 Å². The second-order valence-corrected chi connectivity index (χ2v) is 7.47. The number of amides is 1. The SMILES string of the molecule is CCNC(=NCC(=O)NC1CC1)NCC1(C)CCCS1. The molecule has 0 spiro atoms. The van der Waals surface area contributed by atoms with Crippen molar-refractivity contribution in [2.24, 2.45) is 4.99 Å². The van der Waals surface area contributed by atoms with E-state index in [2.05, 4.69) is 27.9 Å². The average molecular weight is 298 g/mol. The third-order valence-electron chi connectivity index (χ3n) is 3.60. The molecule has 2 aliphatic rings. The zero-order chi connectivity index (χ0) is 14.4. The van der Waals surface area contributed by atoms with E-state index in [0.29, 0.717) is 10.8 Å². The molecule has 1 saturated carbocycles. The average Bonchev–Trinajstić information content (AvgIpc) is 3.12. The minimum Gasteiger partial charge on any atom is -0.357 e. The minimum absolute atomic E-state index is 0.0196. The molecule has 1 aliphatic carbocycles. The number of guanidine groups is 1. The maximum absolute atomic E-state index is 11.6. The molecule has 20 heavy (non-hydrogen) atoms. The fraction of sp³-hybridized carbons (Fsp3) is 0.857. The Morgan fingerprint density at radius 3 is 2.80 bits per heavy atom. The molecule has 1 heterocycles. The predicted molar refractivity (Wildman–Crippen MR) is 85.2 cm³/mol. The zero-order valence-electron chi connectivity index (χ0n) is 12.5. The zero-order valence-corrected chi connectivity index (χ0v) is 13.3. The second kappa shape index (κ2) is 7.20. The van der Waals surface area contributed by atoms with E-state index in [1.165, 1.54) is 18.6 Å². The highest BCUT2D eigenvalue weighted by molar-refractivity contribution is 8.00. The quantitative estimate of drug-likeness (QED) is 0.508. The molecule has 0 aromatic carbocycles. The number of rotatable bonds is 6. The van der Waals surface area contributed by atoms with Gasteiger partial charge in [-0.05, 0) is 45.3 Å². The standard InChI is InChI=1S/C14H26N4OS/c1-3-15-13(16-9-12(19)18-11-5-6-11)17-10-14(2)7-4-8-20-14/h11H,3-10H2,1-2H3,(H,18,19)(H2,15,16,17). The molecule has 0 bridgehead atoms. The van der Waals surface area contributed by atoms with Crippen molar-refractivity contribution in [1.29, 1.82) is 0 Å². The largest absolute Gasteiger partial charge is 0.357 e. The molecule has 0 aromatic heterocycles. The van der Waals surface area contributed by atoms with Gasteiger partial charge in [0.15, 0.2) is 5.96 Å². The summed E-state index contributed by atoms with van der Waals surface area (Å²) in [4.78, 5) is 16.0. The van der Waals surface area contributed by atoms with E-state index in [4.69, 9.17) is 0 Å². The summed E-state index contributed by atoms with van der Waals surface area (Å²) in [7, 11) is 0. The van der Waals surface area contributed by atoms with Crippen LogP contribution in [0, 0.1) is 0 Å². The van der Waals surface area contributed by atoms with Crippen LogP contribution in [0.1, 0.15) is 39.5 Å². The lowest BCUT2D eigenvalue weighted by Gasteiger charge is -2.24. The maximum Gasteiger partial charge on any atom is 0.242 e. The highest BCUT2D eigenvalue weighted by Crippen LogP contribution is 2.36. The first-order chi connectivity index (χ1) is 9.61. The second-order valence-electron chi connectivity index (χ2n) is 5.79. The fourth-order valence-corrected chi connectivity index (χ4v) is 3.48. The molecule has 114 valence electrons. The number of aliphatic imine (C=N–C) groups is 1. The van der Waals surface area contributed by atoms with Crippen LogP contribution < -0.4 is 16.0 Å². The summed E-state index contributed by atoms with van der Waals surface area (Å²) >= 11 is 2.02. The summed E-state index contributed by atoms with van der Waals surface area (Å²) in [5, 5.41) is 9.51. The van der Waals surface area contributed by atoms with Gasteiger partial charge in [-0.15, -0.1) is 0 Å². The molecule has 1 amide bonds. The lowest BCUT2D eigenvalue weighted by Crippen LogP contribution is -2.44. The van der Waals surface area contributed by atoms with Crippen molar-refractivity contribution in [2.75, 3.05) is 25.4 Å². The first-order valence-electron chi connectivity index (χ1n) is 7.57. The fourth-order valence-electron chi connectivity index (χ4n) is 2.24. The Balaban J connectivity index is 1.77. The number of carbonyl (C=O) groups is 1. The van der Waals surface area contributed by atoms with Gasteiger partial charge < -0.3 is 16.0 Å². The van der Waals surface area contributed by atoms with Gasteiger partial charge in [-0.2, -0.15) is 11.8 Å². The summed E-state index contributed by atoms with van der Waals surface area (Å²) in [6.07, 6.45) is 4.76. The van der Waals surface area contributed by atoms with Crippen LogP contribution in [0.4, 0.5) is 0 Å². The van der Waals surface area contributed by atoms with Crippen molar-refractivity contribution in [3.8, 4) is 0 Å². The molecule has 2 fully saturated rings. The normalized spacial score (nSPS) is 26.4. The van der Waals surface area contributed by atoms with Crippen LogP contribution in [0.15, 0.2) is 4.99 Å². The van der Waals surface area contributed by atoms with E-state index < -0.39 is 0 Å². The van der Waals surface area contributed by atoms with E-state index in [1.807, 2.05) is 18.7 Å². The van der Waals surface area contributed by atoms with Crippen LogP contribution >= 0.6 is 11.8 Å². The molecule has 1 aliphatic heterocycles. The molecule has 0 aromatic rings. The highest BCUT2D eigenvalue weighted by atomic mass is 32.2. The number of hydrogen-bond acceptors (Lipinski definition) is 3. The molecule has 1 atom stereocenters. The first kappa shape index (κ1) is 15.5. The maximum atomic E-state index is 11.6. The van der Waals surface area contributed by atoms with Crippen molar-refractivity contribution in [3.63, 3.8) is 0 Å². The predicted octanol–water partition coefficient (Wildman–Crippen LogP) is 1.11. The van der Waals surface area contributed by atoms with E-state index in [9.17, 15) is 4.79 Å². The van der Waals surface area contributed by atoms with Gasteiger partial charge in [-0.3, -0.25) is 4.79 Å². The number of nitrogens with one attached hydrogen (secondary N) is 3. The molecule has 2 rings (SSSR count). The number of nitrogens with zero attached hydrogens (tertiary/aromatic N) is 1. The lowest BCUT2D eigenvalue weighted by molar-refractivity contribution is -0.119. The molecule has 6 heteroatoms. The van der Waals surface area contributed by atoms with E-state index in [0.717, 1.165) is 31.9 Å². The summed E-state index contributed by atoms with van der Waals surface area (Å²) in [6.45, 7) is 6.23. The Kier molecular flexibility index (Phi) is 5.57. The molecular weight excluding hydrogens is 272 g/mol. The number of thioether (sulfide) groups is 1. The van der Waals surface area contributed by atoms with Crippen molar-refractivity contribution >= 4 is 23.6 Å². The van der Waals surface area contributed by atoms with Crippen LogP contribution in [-0.2, 0) is 4.79 Å². The Bertz CT molecular complexity index is 362. The molecule has 1 unspecified atom stereocenters. The number of hydrogen-bond donors (Lipinski definition) is 3. The van der Waals surface area contributed by atoms with Crippen molar-refractivity contribution in [3.05, 3.63) is 0 Å². The Hall–Kier alpha value is -0.910. The monoisotopic (exact) mass is 298 g/mol. The third-order valence-corrected chi connectivity index (χ3v) is 5.14. The molecule has 5 nitrogen and oxygen atoms in total. The Morgan fingerprint density at radius 1 is 1.40 bits per heavy atom. The molecule has 1 saturated heterocycles. The Morgan fingerprint density at radius 2 is 2.20 bits per heavy atom. The van der Waals surface area contributed by atoms with Gasteiger partial charge in [-0.1, -0.05) is 0 Å². The molecular formula is C14H26N4OS. The summed E-state index contributed by atoms with van der Waals surface area (Å²) in [5.41, 5.74) is 0. The van der Waals surface area contributed by atoms with Crippen LogP contribution in [-0.4, -0.2) is 48.0 Å². The molecule has 0 radical (unpaired) electrons. The third kappa shape index (κ3) is 5.23. The van der Waals surface area contributed by atoms with E-state index in [-0.39, 0.29) is 12.5 Å². The highest BCUT2D eigenvalue weighted by Gasteiger charge is 2.29. The Labute approximate surface area is 125 Å². The van der Waals surface area contributed by atoms with Gasteiger partial charge in [0.25, 0.3) is 0 Å². The van der Waals surface area contributed by atoms with Gasteiger partial charge in [0.1, 0.15) is 6.54 Å². The smallest absolute Gasteiger partial charge is 0.242 e. The van der Waals surface area contributed by atoms with E-state index >= 15 is 0 Å². The van der Waals surface area contributed by atoms with Crippen LogP contribution in [0.2, 0.25) is 0 Å². The van der Waals surface area contributed by atoms with Gasteiger partial charge in [-0.25, -0.2) is 4.99 Å². The van der Waals surface area contributed by atoms with Crippen molar-refractivity contribution in [1.82, 2.24) is 16.0 Å².